The van der Waals surface area contributed by atoms with Crippen LogP contribution < -0.4 is 15.8 Å². The maximum absolute atomic E-state index is 14.6. The lowest BCUT2D eigenvalue weighted by atomic mass is 10.2. The number of carbonyl (C=O) groups is 1. The minimum absolute atomic E-state index is 0.0913. The topological polar surface area (TPSA) is 140 Å². The van der Waals surface area contributed by atoms with Crippen LogP contribution in [0.15, 0.2) is 18.5 Å². The van der Waals surface area contributed by atoms with Gasteiger partial charge in [-0.2, -0.15) is 4.37 Å². The van der Waals surface area contributed by atoms with Crippen LogP contribution in [0.1, 0.15) is 16.9 Å². The molecule has 3 aromatic rings. The minimum Gasteiger partial charge on any atom is -0.382 e. The number of fused-ring (bicyclic) bond motifs is 1. The van der Waals surface area contributed by atoms with Crippen LogP contribution in [0.3, 0.4) is 0 Å². The van der Waals surface area contributed by atoms with Crippen LogP contribution in [-0.2, 0) is 10.0 Å². The SMILES string of the molecule is Nc1ncnc2c(C(=O)Nc3c(F)ccc(NS(=O)(=O)CCCF)c3F)nsc12. The van der Waals surface area contributed by atoms with E-state index in [-0.39, 0.29) is 23.4 Å². The highest BCUT2D eigenvalue weighted by molar-refractivity contribution is 7.92. The van der Waals surface area contributed by atoms with E-state index in [2.05, 4.69) is 14.3 Å². The van der Waals surface area contributed by atoms with Crippen LogP contribution in [0.2, 0.25) is 0 Å². The van der Waals surface area contributed by atoms with E-state index in [9.17, 15) is 26.4 Å². The van der Waals surface area contributed by atoms with Crippen LogP contribution in [-0.4, -0.2) is 41.1 Å². The monoisotopic (exact) mass is 446 g/mol. The predicted octanol–water partition coefficient (Wildman–Crippen LogP) is 2.30. The van der Waals surface area contributed by atoms with Crippen molar-refractivity contribution in [3.63, 3.8) is 0 Å². The van der Waals surface area contributed by atoms with Crippen LogP contribution in [0.25, 0.3) is 10.2 Å². The Hall–Kier alpha value is -3.00. The quantitative estimate of drug-likeness (QED) is 0.506. The first-order valence-corrected chi connectivity index (χ1v) is 10.4. The number of halogens is 3. The lowest BCUT2D eigenvalue weighted by molar-refractivity contribution is 0.102. The van der Waals surface area contributed by atoms with E-state index in [0.717, 1.165) is 30.0 Å². The lowest BCUT2D eigenvalue weighted by Gasteiger charge is -2.12. The van der Waals surface area contributed by atoms with Crippen LogP contribution in [0.4, 0.5) is 30.4 Å². The van der Waals surface area contributed by atoms with Crippen molar-refractivity contribution in [2.24, 2.45) is 0 Å². The molecule has 1 amide bonds. The first-order valence-electron chi connectivity index (χ1n) is 7.95. The molecule has 0 aliphatic carbocycles. The summed E-state index contributed by atoms with van der Waals surface area (Å²) in [5, 5.41) is 2.02. The van der Waals surface area contributed by atoms with E-state index in [4.69, 9.17) is 5.73 Å². The minimum atomic E-state index is -4.06. The molecule has 1 aromatic carbocycles. The van der Waals surface area contributed by atoms with Crippen molar-refractivity contribution >= 4 is 54.9 Å². The molecule has 4 N–H and O–H groups in total. The lowest BCUT2D eigenvalue weighted by Crippen LogP contribution is -2.20. The molecule has 154 valence electrons. The zero-order valence-corrected chi connectivity index (χ0v) is 16.1. The van der Waals surface area contributed by atoms with Crippen LogP contribution in [0.5, 0.6) is 0 Å². The summed E-state index contributed by atoms with van der Waals surface area (Å²) < 4.78 is 70.7. The number of nitrogens with zero attached hydrogens (tertiary/aromatic N) is 3. The first-order chi connectivity index (χ1) is 13.7. The van der Waals surface area contributed by atoms with Crippen molar-refractivity contribution in [3.05, 3.63) is 35.8 Å². The van der Waals surface area contributed by atoms with Gasteiger partial charge in [-0.15, -0.1) is 0 Å². The molecule has 9 nitrogen and oxygen atoms in total. The highest BCUT2D eigenvalue weighted by Crippen LogP contribution is 2.29. The summed E-state index contributed by atoms with van der Waals surface area (Å²) in [6, 6.07) is 1.62. The summed E-state index contributed by atoms with van der Waals surface area (Å²) >= 11 is 0.836. The summed E-state index contributed by atoms with van der Waals surface area (Å²) in [6.45, 7) is -0.871. The van der Waals surface area contributed by atoms with Crippen molar-refractivity contribution in [2.45, 2.75) is 6.42 Å². The predicted molar refractivity (Wildman–Crippen MR) is 102 cm³/mol. The van der Waals surface area contributed by atoms with Gasteiger partial charge in [-0.3, -0.25) is 13.9 Å². The fraction of sp³-hybridized carbons (Fsp3) is 0.200. The Morgan fingerprint density at radius 2 is 2.00 bits per heavy atom. The molecule has 2 heterocycles. The van der Waals surface area contributed by atoms with E-state index in [1.807, 2.05) is 10.0 Å². The van der Waals surface area contributed by atoms with E-state index in [0.29, 0.717) is 4.70 Å². The van der Waals surface area contributed by atoms with Crippen LogP contribution >= 0.6 is 11.5 Å². The Kier molecular flexibility index (Phi) is 5.83. The number of sulfonamides is 1. The van der Waals surface area contributed by atoms with Gasteiger partial charge in [-0.05, 0) is 30.1 Å². The summed E-state index contributed by atoms with van der Waals surface area (Å²) in [5.74, 6) is -3.97. The van der Waals surface area contributed by atoms with Gasteiger partial charge in [0.2, 0.25) is 10.0 Å². The average molecular weight is 446 g/mol. The average Bonchev–Trinajstić information content (AvgIpc) is 3.11. The molecule has 14 heteroatoms. The van der Waals surface area contributed by atoms with Gasteiger partial charge in [0.05, 0.1) is 18.1 Å². The summed E-state index contributed by atoms with van der Waals surface area (Å²) in [7, 11) is -4.06. The molecule has 0 atom stereocenters. The Morgan fingerprint density at radius 3 is 2.72 bits per heavy atom. The third-order valence-electron chi connectivity index (χ3n) is 3.64. The number of carbonyl (C=O) groups excluding carboxylic acids is 1. The number of rotatable bonds is 7. The highest BCUT2D eigenvalue weighted by atomic mass is 32.2. The van der Waals surface area contributed by atoms with Gasteiger partial charge in [0.1, 0.15) is 33.9 Å². The number of hydrogen-bond donors (Lipinski definition) is 3. The zero-order chi connectivity index (χ0) is 21.2. The second kappa shape index (κ2) is 8.16. The molecule has 0 aliphatic heterocycles. The molecule has 0 radical (unpaired) electrons. The Bertz CT molecular complexity index is 1190. The van der Waals surface area contributed by atoms with Crippen molar-refractivity contribution in [2.75, 3.05) is 28.2 Å². The number of nitrogen functional groups attached to an aromatic ring is 1. The van der Waals surface area contributed by atoms with Crippen molar-refractivity contribution < 1.29 is 26.4 Å². The molecule has 2 aromatic heterocycles. The molecular formula is C15H13F3N6O3S2. The maximum Gasteiger partial charge on any atom is 0.277 e. The molecule has 0 bridgehead atoms. The Morgan fingerprint density at radius 1 is 1.24 bits per heavy atom. The molecule has 0 saturated carbocycles. The van der Waals surface area contributed by atoms with Crippen molar-refractivity contribution in [3.8, 4) is 0 Å². The summed E-state index contributed by atoms with van der Waals surface area (Å²) in [4.78, 5) is 20.1. The third-order valence-corrected chi connectivity index (χ3v) is 5.86. The van der Waals surface area contributed by atoms with Gasteiger partial charge < -0.3 is 11.1 Å². The molecule has 0 spiro atoms. The number of nitrogens with one attached hydrogen (secondary N) is 2. The van der Waals surface area contributed by atoms with Gasteiger partial charge in [-0.25, -0.2) is 27.2 Å². The number of alkyl halides is 1. The molecular weight excluding hydrogens is 433 g/mol. The number of aromatic nitrogens is 3. The molecule has 29 heavy (non-hydrogen) atoms. The second-order valence-corrected chi connectivity index (χ2v) is 8.28. The van der Waals surface area contributed by atoms with Gasteiger partial charge in [0, 0.05) is 0 Å². The normalized spacial score (nSPS) is 11.6. The molecule has 0 saturated heterocycles. The molecule has 0 fully saturated rings. The highest BCUT2D eigenvalue weighted by Gasteiger charge is 2.23. The van der Waals surface area contributed by atoms with Crippen LogP contribution in [0, 0.1) is 11.6 Å². The third kappa shape index (κ3) is 4.37. The fourth-order valence-electron chi connectivity index (χ4n) is 2.31. The molecule has 3 rings (SSSR count). The van der Waals surface area contributed by atoms with Gasteiger partial charge in [0.15, 0.2) is 11.5 Å². The first kappa shape index (κ1) is 20.7. The van der Waals surface area contributed by atoms with Crippen molar-refractivity contribution in [1.82, 2.24) is 14.3 Å². The van der Waals surface area contributed by atoms with E-state index in [1.165, 1.54) is 0 Å². The van der Waals surface area contributed by atoms with E-state index < -0.39 is 51.4 Å². The molecule has 0 unspecified atom stereocenters. The number of anilines is 3. The fourth-order valence-corrected chi connectivity index (χ4v) is 4.13. The van der Waals surface area contributed by atoms with Gasteiger partial charge >= 0.3 is 0 Å². The Balaban J connectivity index is 1.90. The second-order valence-electron chi connectivity index (χ2n) is 5.67. The number of hydrogen-bond acceptors (Lipinski definition) is 8. The zero-order valence-electron chi connectivity index (χ0n) is 14.4. The van der Waals surface area contributed by atoms with E-state index in [1.54, 1.807) is 0 Å². The number of benzene rings is 1. The van der Waals surface area contributed by atoms with E-state index >= 15 is 0 Å². The summed E-state index contributed by atoms with van der Waals surface area (Å²) in [6.07, 6.45) is 0.820. The van der Waals surface area contributed by atoms with Crippen molar-refractivity contribution in [1.29, 1.82) is 0 Å². The Labute approximate surface area is 166 Å². The van der Waals surface area contributed by atoms with Gasteiger partial charge in [0.25, 0.3) is 5.91 Å². The standard InChI is InChI=1S/C15H13F3N6O3S2/c16-4-1-5-29(26,27)24-8-3-2-7(17)10(9(8)18)22-15(25)12-11-13(28-23-12)14(19)21-6-20-11/h2-3,6,24H,1,4-5H2,(H,22,25)(H2,19,20,21). The summed E-state index contributed by atoms with van der Waals surface area (Å²) in [5.41, 5.74) is 4.05. The maximum atomic E-state index is 14.6. The largest absolute Gasteiger partial charge is 0.382 e. The number of nitrogens with two attached hydrogens (primary N) is 1. The molecule has 0 aliphatic rings. The number of amides is 1. The van der Waals surface area contributed by atoms with Gasteiger partial charge in [-0.1, -0.05) is 0 Å². The smallest absolute Gasteiger partial charge is 0.277 e.